The molecule has 1 N–H and O–H groups in total. The summed E-state index contributed by atoms with van der Waals surface area (Å²) >= 11 is 0. The number of nitrogens with zero attached hydrogens (tertiary/aromatic N) is 1. The quantitative estimate of drug-likeness (QED) is 0.767. The van der Waals surface area contributed by atoms with Crippen LogP contribution in [0.4, 0.5) is 0 Å². The number of hydrogen-bond acceptors (Lipinski definition) is 3. The summed E-state index contributed by atoms with van der Waals surface area (Å²) in [6.07, 6.45) is 7.23. The van der Waals surface area contributed by atoms with Crippen LogP contribution in [0.5, 0.6) is 0 Å². The number of carboxylic acids is 1. The number of aliphatic carboxylic acids is 1. The first-order valence-corrected chi connectivity index (χ1v) is 6.78. The van der Waals surface area contributed by atoms with Crippen molar-refractivity contribution in [2.24, 2.45) is 0 Å². The maximum absolute atomic E-state index is 11.2. The van der Waals surface area contributed by atoms with E-state index in [0.29, 0.717) is 6.42 Å². The molecular formula is C13H23NO3. The summed E-state index contributed by atoms with van der Waals surface area (Å²) in [5.74, 6) is -0.654. The van der Waals surface area contributed by atoms with Crippen LogP contribution < -0.4 is 0 Å². The van der Waals surface area contributed by atoms with Gasteiger partial charge in [-0.3, -0.25) is 9.69 Å². The summed E-state index contributed by atoms with van der Waals surface area (Å²) < 4.78 is 5.38. The van der Waals surface area contributed by atoms with Crippen LogP contribution in [0.1, 0.15) is 44.9 Å². The molecule has 0 aromatic rings. The van der Waals surface area contributed by atoms with Gasteiger partial charge in [-0.2, -0.15) is 0 Å². The molecule has 17 heavy (non-hydrogen) atoms. The van der Waals surface area contributed by atoms with Crippen LogP contribution in [-0.2, 0) is 9.53 Å². The molecule has 0 atom stereocenters. The van der Waals surface area contributed by atoms with E-state index in [1.165, 1.54) is 25.7 Å². The van der Waals surface area contributed by atoms with E-state index in [4.69, 9.17) is 4.74 Å². The zero-order chi connectivity index (χ0) is 12.1. The Morgan fingerprint density at radius 2 is 1.71 bits per heavy atom. The Bertz CT molecular complexity index is 253. The normalized spacial score (nSPS) is 26.4. The first-order chi connectivity index (χ1) is 8.23. The lowest BCUT2D eigenvalue weighted by molar-refractivity contribution is -0.142. The number of ether oxygens (including phenoxy) is 1. The second kappa shape index (κ2) is 5.83. The smallest absolute Gasteiger partial charge is 0.305 e. The topological polar surface area (TPSA) is 49.8 Å². The third-order valence-corrected chi connectivity index (χ3v) is 4.20. The SMILES string of the molecule is O=C(O)CC1(N2CCOCC2)CCCCCC1. The predicted molar refractivity (Wildman–Crippen MR) is 65.1 cm³/mol. The lowest BCUT2D eigenvalue weighted by Crippen LogP contribution is -2.54. The van der Waals surface area contributed by atoms with Crippen molar-refractivity contribution in [1.29, 1.82) is 0 Å². The average Bonchev–Trinajstić information content (AvgIpc) is 2.56. The Morgan fingerprint density at radius 3 is 2.24 bits per heavy atom. The molecule has 2 aliphatic rings. The first kappa shape index (κ1) is 12.8. The van der Waals surface area contributed by atoms with Gasteiger partial charge in [-0.25, -0.2) is 0 Å². The van der Waals surface area contributed by atoms with Crippen LogP contribution in [0.25, 0.3) is 0 Å². The molecule has 1 aliphatic heterocycles. The summed E-state index contributed by atoms with van der Waals surface area (Å²) in [5.41, 5.74) is -0.0912. The van der Waals surface area contributed by atoms with E-state index in [-0.39, 0.29) is 5.54 Å². The molecule has 0 aromatic heterocycles. The van der Waals surface area contributed by atoms with Crippen molar-refractivity contribution >= 4 is 5.97 Å². The third-order valence-electron chi connectivity index (χ3n) is 4.20. The fraction of sp³-hybridized carbons (Fsp3) is 0.923. The maximum Gasteiger partial charge on any atom is 0.305 e. The molecule has 1 aliphatic carbocycles. The molecule has 0 aromatic carbocycles. The van der Waals surface area contributed by atoms with Gasteiger partial charge in [0, 0.05) is 18.6 Å². The highest BCUT2D eigenvalue weighted by Gasteiger charge is 2.39. The summed E-state index contributed by atoms with van der Waals surface area (Å²) in [5, 5.41) is 9.20. The van der Waals surface area contributed by atoms with Crippen LogP contribution in [0.2, 0.25) is 0 Å². The van der Waals surface area contributed by atoms with E-state index in [1.54, 1.807) is 0 Å². The average molecular weight is 241 g/mol. The molecular weight excluding hydrogens is 218 g/mol. The molecule has 0 bridgehead atoms. The van der Waals surface area contributed by atoms with Crippen LogP contribution in [0.3, 0.4) is 0 Å². The van der Waals surface area contributed by atoms with E-state index in [0.717, 1.165) is 39.1 Å². The highest BCUT2D eigenvalue weighted by molar-refractivity contribution is 5.68. The van der Waals surface area contributed by atoms with E-state index < -0.39 is 5.97 Å². The minimum atomic E-state index is -0.654. The minimum Gasteiger partial charge on any atom is -0.481 e. The molecule has 2 fully saturated rings. The highest BCUT2D eigenvalue weighted by atomic mass is 16.5. The third kappa shape index (κ3) is 3.19. The number of hydrogen-bond donors (Lipinski definition) is 1. The van der Waals surface area contributed by atoms with Gasteiger partial charge in [-0.05, 0) is 12.8 Å². The van der Waals surface area contributed by atoms with Crippen LogP contribution in [0.15, 0.2) is 0 Å². The highest BCUT2D eigenvalue weighted by Crippen LogP contribution is 2.35. The summed E-state index contributed by atoms with van der Waals surface area (Å²) in [4.78, 5) is 13.6. The van der Waals surface area contributed by atoms with E-state index >= 15 is 0 Å². The maximum atomic E-state index is 11.2. The molecule has 1 saturated heterocycles. The zero-order valence-corrected chi connectivity index (χ0v) is 10.5. The van der Waals surface area contributed by atoms with Crippen molar-refractivity contribution in [1.82, 2.24) is 4.90 Å². The van der Waals surface area contributed by atoms with Crippen molar-refractivity contribution in [2.45, 2.75) is 50.5 Å². The first-order valence-electron chi connectivity index (χ1n) is 6.78. The zero-order valence-electron chi connectivity index (χ0n) is 10.5. The van der Waals surface area contributed by atoms with Crippen molar-refractivity contribution in [3.05, 3.63) is 0 Å². The van der Waals surface area contributed by atoms with E-state index in [9.17, 15) is 9.90 Å². The Hall–Kier alpha value is -0.610. The molecule has 0 unspecified atom stereocenters. The van der Waals surface area contributed by atoms with Gasteiger partial charge in [-0.1, -0.05) is 25.7 Å². The molecule has 4 nitrogen and oxygen atoms in total. The molecule has 2 rings (SSSR count). The molecule has 98 valence electrons. The minimum absolute atomic E-state index is 0.0912. The number of morpholine rings is 1. The van der Waals surface area contributed by atoms with Gasteiger partial charge in [0.15, 0.2) is 0 Å². The molecule has 0 radical (unpaired) electrons. The summed E-state index contributed by atoms with van der Waals surface area (Å²) in [6, 6.07) is 0. The fourth-order valence-electron chi connectivity index (χ4n) is 3.31. The van der Waals surface area contributed by atoms with Crippen LogP contribution >= 0.6 is 0 Å². The summed E-state index contributed by atoms with van der Waals surface area (Å²) in [7, 11) is 0. The van der Waals surface area contributed by atoms with Crippen molar-refractivity contribution in [3.63, 3.8) is 0 Å². The predicted octanol–water partition coefficient (Wildman–Crippen LogP) is 1.89. The standard InChI is InChI=1S/C13H23NO3/c15-12(16)11-13(5-3-1-2-4-6-13)14-7-9-17-10-8-14/h1-11H2,(H,15,16). The molecule has 4 heteroatoms. The lowest BCUT2D eigenvalue weighted by Gasteiger charge is -2.45. The van der Waals surface area contributed by atoms with Gasteiger partial charge >= 0.3 is 5.97 Å². The molecule has 1 heterocycles. The summed E-state index contributed by atoms with van der Waals surface area (Å²) in [6.45, 7) is 3.29. The Morgan fingerprint density at radius 1 is 1.12 bits per heavy atom. The number of rotatable bonds is 3. The monoisotopic (exact) mass is 241 g/mol. The van der Waals surface area contributed by atoms with Gasteiger partial charge in [0.2, 0.25) is 0 Å². The van der Waals surface area contributed by atoms with Crippen molar-refractivity contribution in [2.75, 3.05) is 26.3 Å². The van der Waals surface area contributed by atoms with E-state index in [2.05, 4.69) is 4.90 Å². The van der Waals surface area contributed by atoms with Gasteiger partial charge in [0.05, 0.1) is 19.6 Å². The van der Waals surface area contributed by atoms with Crippen LogP contribution in [-0.4, -0.2) is 47.8 Å². The number of carboxylic acid groups (broad SMARTS) is 1. The molecule has 0 spiro atoms. The lowest BCUT2D eigenvalue weighted by atomic mass is 9.84. The van der Waals surface area contributed by atoms with E-state index in [1.807, 2.05) is 0 Å². The van der Waals surface area contributed by atoms with Crippen molar-refractivity contribution in [3.8, 4) is 0 Å². The van der Waals surface area contributed by atoms with Crippen LogP contribution in [0, 0.1) is 0 Å². The van der Waals surface area contributed by atoms with Gasteiger partial charge in [0.1, 0.15) is 0 Å². The molecule has 1 saturated carbocycles. The van der Waals surface area contributed by atoms with Gasteiger partial charge in [-0.15, -0.1) is 0 Å². The Balaban J connectivity index is 2.11. The molecule has 0 amide bonds. The Labute approximate surface area is 103 Å². The second-order valence-corrected chi connectivity index (χ2v) is 5.31. The largest absolute Gasteiger partial charge is 0.481 e. The number of carbonyl (C=O) groups is 1. The van der Waals surface area contributed by atoms with Gasteiger partial charge in [0.25, 0.3) is 0 Å². The van der Waals surface area contributed by atoms with Crippen molar-refractivity contribution < 1.29 is 14.6 Å². The fourth-order valence-corrected chi connectivity index (χ4v) is 3.31. The Kier molecular flexibility index (Phi) is 4.40. The van der Waals surface area contributed by atoms with Gasteiger partial charge < -0.3 is 9.84 Å². The second-order valence-electron chi connectivity index (χ2n) is 5.31.